The smallest absolute Gasteiger partial charge is 0.255 e. The third-order valence-electron chi connectivity index (χ3n) is 9.76. The van der Waals surface area contributed by atoms with E-state index in [1.165, 1.54) is 32.1 Å². The first-order valence-electron chi connectivity index (χ1n) is 13.5. The Balaban J connectivity index is 1.17. The van der Waals surface area contributed by atoms with E-state index in [9.17, 15) is 14.0 Å². The Morgan fingerprint density at radius 2 is 1.74 bits per heavy atom. The van der Waals surface area contributed by atoms with Gasteiger partial charge in [0.15, 0.2) is 11.6 Å². The maximum absolute atomic E-state index is 14.8. The van der Waals surface area contributed by atoms with Gasteiger partial charge in [0.05, 0.1) is 24.7 Å². The van der Waals surface area contributed by atoms with Crippen LogP contribution in [0, 0.1) is 40.8 Å². The molecule has 0 heterocycles. The predicted molar refractivity (Wildman–Crippen MR) is 129 cm³/mol. The van der Waals surface area contributed by atoms with Crippen LogP contribution in [0.4, 0.5) is 4.39 Å². The average Bonchev–Trinajstić information content (AvgIpc) is 3.17. The van der Waals surface area contributed by atoms with Crippen molar-refractivity contribution in [3.05, 3.63) is 23.5 Å². The van der Waals surface area contributed by atoms with Gasteiger partial charge in [-0.25, -0.2) is 4.39 Å². The Kier molecular flexibility index (Phi) is 5.72. The minimum Gasteiger partial charge on any atom is -0.496 e. The molecule has 5 fully saturated rings. The summed E-state index contributed by atoms with van der Waals surface area (Å²) < 4.78 is 26.1. The number of rotatable bonds is 8. The quantitative estimate of drug-likeness (QED) is 0.571. The van der Waals surface area contributed by atoms with Crippen molar-refractivity contribution in [2.45, 2.75) is 76.9 Å². The summed E-state index contributed by atoms with van der Waals surface area (Å²) >= 11 is 0. The van der Waals surface area contributed by atoms with E-state index in [1.807, 2.05) is 0 Å². The average molecular weight is 485 g/mol. The molecule has 5 saturated carbocycles. The molecule has 6 nitrogen and oxygen atoms in total. The number of carbonyl (C=O) groups excluding carboxylic acids is 2. The van der Waals surface area contributed by atoms with E-state index in [1.54, 1.807) is 0 Å². The maximum atomic E-state index is 14.8. The molecule has 7 atom stereocenters. The van der Waals surface area contributed by atoms with Crippen LogP contribution < -0.4 is 20.1 Å². The van der Waals surface area contributed by atoms with Gasteiger partial charge in [0.1, 0.15) is 5.75 Å². The molecule has 2 bridgehead atoms. The molecule has 0 saturated heterocycles. The van der Waals surface area contributed by atoms with E-state index in [4.69, 9.17) is 9.47 Å². The number of benzene rings is 1. The minimum atomic E-state index is -0.513. The summed E-state index contributed by atoms with van der Waals surface area (Å²) in [6.07, 6.45) is 9.75. The van der Waals surface area contributed by atoms with E-state index in [0.717, 1.165) is 56.8 Å². The highest BCUT2D eigenvalue weighted by Crippen LogP contribution is 2.53. The topological polar surface area (TPSA) is 76.7 Å². The Hall–Kier alpha value is -2.31. The van der Waals surface area contributed by atoms with Crippen molar-refractivity contribution in [1.82, 2.24) is 10.6 Å². The summed E-state index contributed by atoms with van der Waals surface area (Å²) in [6, 6.07) is 2.51. The van der Waals surface area contributed by atoms with Crippen LogP contribution in [0.5, 0.6) is 11.5 Å². The molecule has 0 radical (unpaired) electrons. The van der Waals surface area contributed by atoms with Gasteiger partial charge in [-0.2, -0.15) is 0 Å². The molecule has 2 N–H and O–H groups in total. The maximum Gasteiger partial charge on any atom is 0.255 e. The van der Waals surface area contributed by atoms with Gasteiger partial charge in [-0.1, -0.05) is 13.3 Å². The SMILES string of the molecule is COc1cc(F)c(OC2C[C@@H]3C[C@@H]3C2)cc1C(=O)N[C@@H]1[C@H]2CC[C@H](C2)[C@@H]1C(=O)NCC1(C)CCC1. The van der Waals surface area contributed by atoms with E-state index in [-0.39, 0.29) is 52.4 Å². The van der Waals surface area contributed by atoms with Crippen molar-refractivity contribution in [3.63, 3.8) is 0 Å². The van der Waals surface area contributed by atoms with Crippen LogP contribution in [0.2, 0.25) is 0 Å². The van der Waals surface area contributed by atoms with Crippen LogP contribution in [0.3, 0.4) is 0 Å². The summed E-state index contributed by atoms with van der Waals surface area (Å²) in [5, 5.41) is 6.35. The molecule has 1 aromatic rings. The number of carbonyl (C=O) groups is 2. The molecule has 7 heteroatoms. The number of methoxy groups -OCH3 is 1. The molecule has 1 aromatic carbocycles. The number of hydrogen-bond acceptors (Lipinski definition) is 4. The summed E-state index contributed by atoms with van der Waals surface area (Å²) in [4.78, 5) is 26.7. The molecule has 2 amide bonds. The number of ether oxygens (including phenoxy) is 2. The van der Waals surface area contributed by atoms with Gasteiger partial charge in [-0.05, 0) is 86.5 Å². The highest BCUT2D eigenvalue weighted by molar-refractivity contribution is 5.98. The lowest BCUT2D eigenvalue weighted by atomic mass is 9.70. The molecule has 5 aliphatic carbocycles. The van der Waals surface area contributed by atoms with Crippen LogP contribution in [0.1, 0.15) is 75.1 Å². The van der Waals surface area contributed by atoms with Crippen molar-refractivity contribution in [1.29, 1.82) is 0 Å². The zero-order chi connectivity index (χ0) is 24.3. The van der Waals surface area contributed by atoms with Crippen LogP contribution >= 0.6 is 0 Å². The van der Waals surface area contributed by atoms with Crippen molar-refractivity contribution in [3.8, 4) is 11.5 Å². The highest BCUT2D eigenvalue weighted by atomic mass is 19.1. The molecule has 6 rings (SSSR count). The normalized spacial score (nSPS) is 35.7. The van der Waals surface area contributed by atoms with E-state index in [0.29, 0.717) is 18.4 Å². The zero-order valence-corrected chi connectivity index (χ0v) is 20.8. The fourth-order valence-electron chi connectivity index (χ4n) is 7.39. The lowest BCUT2D eigenvalue weighted by molar-refractivity contribution is -0.128. The fourth-order valence-corrected chi connectivity index (χ4v) is 7.39. The minimum absolute atomic E-state index is 0.00808. The monoisotopic (exact) mass is 484 g/mol. The first-order chi connectivity index (χ1) is 16.8. The van der Waals surface area contributed by atoms with Crippen LogP contribution in [0.25, 0.3) is 0 Å². The van der Waals surface area contributed by atoms with E-state index < -0.39 is 5.82 Å². The lowest BCUT2D eigenvalue weighted by Gasteiger charge is -2.39. The molecule has 0 aliphatic heterocycles. The van der Waals surface area contributed by atoms with Gasteiger partial charge in [0.2, 0.25) is 5.91 Å². The van der Waals surface area contributed by atoms with E-state index in [2.05, 4.69) is 17.6 Å². The molecule has 5 aliphatic rings. The Morgan fingerprint density at radius 1 is 1.03 bits per heavy atom. The number of nitrogens with one attached hydrogen (secondary N) is 2. The first-order valence-corrected chi connectivity index (χ1v) is 13.5. The second-order valence-electron chi connectivity index (χ2n) is 12.2. The second-order valence-corrected chi connectivity index (χ2v) is 12.2. The van der Waals surface area contributed by atoms with Gasteiger partial charge >= 0.3 is 0 Å². The molecule has 0 aromatic heterocycles. The summed E-state index contributed by atoms with van der Waals surface area (Å²) in [5.41, 5.74) is 0.472. The van der Waals surface area contributed by atoms with Gasteiger partial charge in [-0.3, -0.25) is 9.59 Å². The van der Waals surface area contributed by atoms with Gasteiger partial charge in [0, 0.05) is 18.7 Å². The van der Waals surface area contributed by atoms with Crippen LogP contribution in [0.15, 0.2) is 12.1 Å². The molecule has 190 valence electrons. The second kappa shape index (κ2) is 8.67. The first kappa shape index (κ1) is 23.1. The Morgan fingerprint density at radius 3 is 2.43 bits per heavy atom. The van der Waals surface area contributed by atoms with Crippen molar-refractivity contribution in [2.24, 2.45) is 35.0 Å². The standard InChI is InChI=1S/C28H37FN2O4/c1-28(6-3-7-28)14-30-27(33)24-15-4-5-16(8-15)25(24)31-26(32)20-12-23(21(29)13-22(20)34-2)35-19-10-17-9-18(17)11-19/h12-13,15-19,24-25H,3-11,14H2,1-2H3,(H,30,33)(H,31,32)/t15-,16+,17-,18+,19?,24+,25-/m1/s1. The number of hydrogen-bond donors (Lipinski definition) is 2. The van der Waals surface area contributed by atoms with Gasteiger partial charge in [0.25, 0.3) is 5.91 Å². The molecule has 1 unspecified atom stereocenters. The molecule has 35 heavy (non-hydrogen) atoms. The lowest BCUT2D eigenvalue weighted by Crippen LogP contribution is -2.51. The van der Waals surface area contributed by atoms with Crippen LogP contribution in [-0.2, 0) is 4.79 Å². The third kappa shape index (κ3) is 4.29. The van der Waals surface area contributed by atoms with Crippen molar-refractivity contribution >= 4 is 11.8 Å². The van der Waals surface area contributed by atoms with Gasteiger partial charge < -0.3 is 20.1 Å². The molecular formula is C28H37FN2O4. The largest absolute Gasteiger partial charge is 0.496 e. The van der Waals surface area contributed by atoms with Gasteiger partial charge in [-0.15, -0.1) is 0 Å². The van der Waals surface area contributed by atoms with E-state index >= 15 is 0 Å². The molecular weight excluding hydrogens is 447 g/mol. The summed E-state index contributed by atoms with van der Waals surface area (Å²) in [5.74, 6) is 1.34. The summed E-state index contributed by atoms with van der Waals surface area (Å²) in [7, 11) is 1.44. The number of fused-ring (bicyclic) bond motifs is 3. The number of amides is 2. The third-order valence-corrected chi connectivity index (χ3v) is 9.76. The highest BCUT2D eigenvalue weighted by Gasteiger charge is 2.52. The summed E-state index contributed by atoms with van der Waals surface area (Å²) in [6.45, 7) is 2.93. The predicted octanol–water partition coefficient (Wildman–Crippen LogP) is 4.46. The van der Waals surface area contributed by atoms with Crippen molar-refractivity contribution in [2.75, 3.05) is 13.7 Å². The fraction of sp³-hybridized carbons (Fsp3) is 0.714. The van der Waals surface area contributed by atoms with Crippen LogP contribution in [-0.4, -0.2) is 37.6 Å². The Labute approximate surface area is 206 Å². The van der Waals surface area contributed by atoms with Crippen molar-refractivity contribution < 1.29 is 23.5 Å². The zero-order valence-electron chi connectivity index (χ0n) is 20.8. The molecule has 0 spiro atoms. The Bertz CT molecular complexity index is 1010. The number of halogens is 1.